The Labute approximate surface area is 121 Å². The van der Waals surface area contributed by atoms with Crippen molar-refractivity contribution in [2.45, 2.75) is 18.7 Å². The Morgan fingerprint density at radius 3 is 2.45 bits per heavy atom. The highest BCUT2D eigenvalue weighted by Gasteiger charge is 2.22. The lowest BCUT2D eigenvalue weighted by atomic mass is 10.2. The quantitative estimate of drug-likeness (QED) is 0.638. The lowest BCUT2D eigenvalue weighted by molar-refractivity contribution is 0.0514. The number of pyridine rings is 1. The molecule has 2 heterocycles. The second kappa shape index (κ2) is 5.92. The average molecular weight is 292 g/mol. The highest BCUT2D eigenvalue weighted by atomic mass is 32.1. The van der Waals surface area contributed by atoms with E-state index in [4.69, 9.17) is 22.1 Å². The third-order valence-electron chi connectivity index (χ3n) is 2.75. The molecule has 5 nitrogen and oxygen atoms in total. The van der Waals surface area contributed by atoms with Crippen LogP contribution in [0.3, 0.4) is 0 Å². The third kappa shape index (κ3) is 2.34. The molecule has 106 valence electrons. The maximum absolute atomic E-state index is 12.0. The molecule has 0 saturated carbocycles. The predicted octanol–water partition coefficient (Wildman–Crippen LogP) is 2.20. The normalized spacial score (nSPS) is 10.5. The standard InChI is InChI=1S/C14H15NO4S/c1-3-18-13(16)10-9-7-5-6-8-15(9)11(12(10)20)14(17)19-4-2/h5-8,20H,3-4H2,1-2H3/p-1. The highest BCUT2D eigenvalue weighted by molar-refractivity contribution is 7.59. The zero-order valence-electron chi connectivity index (χ0n) is 11.2. The molecule has 0 radical (unpaired) electrons. The van der Waals surface area contributed by atoms with Gasteiger partial charge in [-0.2, -0.15) is 0 Å². The second-order valence-corrected chi connectivity index (χ2v) is 4.36. The van der Waals surface area contributed by atoms with Crippen molar-refractivity contribution >= 4 is 30.1 Å². The Morgan fingerprint density at radius 1 is 1.15 bits per heavy atom. The maximum atomic E-state index is 12.0. The minimum Gasteiger partial charge on any atom is -0.777 e. The van der Waals surface area contributed by atoms with Crippen LogP contribution in [0.1, 0.15) is 34.7 Å². The molecule has 2 aromatic rings. The highest BCUT2D eigenvalue weighted by Crippen LogP contribution is 2.25. The zero-order chi connectivity index (χ0) is 14.7. The Kier molecular flexibility index (Phi) is 4.24. The van der Waals surface area contributed by atoms with Crippen LogP contribution in [0.25, 0.3) is 5.52 Å². The van der Waals surface area contributed by atoms with Gasteiger partial charge in [0.1, 0.15) is 5.69 Å². The molecule has 0 amide bonds. The van der Waals surface area contributed by atoms with E-state index in [1.54, 1.807) is 42.6 Å². The van der Waals surface area contributed by atoms with Crippen LogP contribution < -0.4 is 0 Å². The third-order valence-corrected chi connectivity index (χ3v) is 3.14. The van der Waals surface area contributed by atoms with Gasteiger partial charge in [0.25, 0.3) is 0 Å². The molecular weight excluding hydrogens is 278 g/mol. The first-order valence-corrected chi connectivity index (χ1v) is 6.66. The lowest BCUT2D eigenvalue weighted by Gasteiger charge is -2.10. The SMILES string of the molecule is CCOC(=O)c1c([S-])c(C(=O)OCC)n2ccccc12. The van der Waals surface area contributed by atoms with Gasteiger partial charge in [0.05, 0.1) is 24.3 Å². The molecule has 0 aliphatic rings. The number of nitrogens with zero attached hydrogens (tertiary/aromatic N) is 1. The van der Waals surface area contributed by atoms with Gasteiger partial charge in [-0.25, -0.2) is 9.59 Å². The van der Waals surface area contributed by atoms with E-state index in [0.29, 0.717) is 5.52 Å². The van der Waals surface area contributed by atoms with E-state index in [9.17, 15) is 9.59 Å². The molecule has 20 heavy (non-hydrogen) atoms. The second-order valence-electron chi connectivity index (χ2n) is 3.95. The number of carbonyl (C=O) groups excluding carboxylic acids is 2. The van der Waals surface area contributed by atoms with Gasteiger partial charge in [-0.05, 0) is 26.0 Å². The first-order chi connectivity index (χ1) is 9.61. The van der Waals surface area contributed by atoms with Crippen molar-refractivity contribution in [3.05, 3.63) is 35.7 Å². The number of hydrogen-bond donors (Lipinski definition) is 0. The van der Waals surface area contributed by atoms with Crippen molar-refractivity contribution in [2.75, 3.05) is 13.2 Å². The smallest absolute Gasteiger partial charge is 0.353 e. The maximum Gasteiger partial charge on any atom is 0.353 e. The van der Waals surface area contributed by atoms with Gasteiger partial charge in [-0.1, -0.05) is 6.07 Å². The van der Waals surface area contributed by atoms with Crippen LogP contribution in [0, 0.1) is 0 Å². The van der Waals surface area contributed by atoms with Crippen molar-refractivity contribution < 1.29 is 19.1 Å². The summed E-state index contributed by atoms with van der Waals surface area (Å²) in [7, 11) is 0. The fourth-order valence-electron chi connectivity index (χ4n) is 1.98. The van der Waals surface area contributed by atoms with Gasteiger partial charge >= 0.3 is 11.9 Å². The predicted molar refractivity (Wildman–Crippen MR) is 74.9 cm³/mol. The van der Waals surface area contributed by atoms with Gasteiger partial charge in [-0.15, -0.1) is 4.90 Å². The number of aromatic nitrogens is 1. The molecule has 6 heteroatoms. The fourth-order valence-corrected chi connectivity index (χ4v) is 2.35. The summed E-state index contributed by atoms with van der Waals surface area (Å²) in [5, 5.41) is 0. The van der Waals surface area contributed by atoms with E-state index in [-0.39, 0.29) is 29.4 Å². The van der Waals surface area contributed by atoms with Crippen molar-refractivity contribution in [3.63, 3.8) is 0 Å². The monoisotopic (exact) mass is 292 g/mol. The van der Waals surface area contributed by atoms with Gasteiger partial charge < -0.3 is 26.5 Å². The van der Waals surface area contributed by atoms with E-state index >= 15 is 0 Å². The zero-order valence-corrected chi connectivity index (χ0v) is 12.0. The van der Waals surface area contributed by atoms with Gasteiger partial charge in [-0.3, -0.25) is 0 Å². The molecule has 0 aliphatic heterocycles. The Morgan fingerprint density at radius 2 is 1.80 bits per heavy atom. The van der Waals surface area contributed by atoms with E-state index in [0.717, 1.165) is 0 Å². The number of rotatable bonds is 4. The van der Waals surface area contributed by atoms with E-state index in [2.05, 4.69) is 0 Å². The molecular formula is C14H14NO4S-. The summed E-state index contributed by atoms with van der Waals surface area (Å²) >= 11 is 5.25. The summed E-state index contributed by atoms with van der Waals surface area (Å²) in [6.45, 7) is 3.91. The van der Waals surface area contributed by atoms with Crippen LogP contribution in [0.5, 0.6) is 0 Å². The van der Waals surface area contributed by atoms with E-state index in [1.807, 2.05) is 0 Å². The molecule has 0 aliphatic carbocycles. The molecule has 0 spiro atoms. The Bertz CT molecular complexity index is 607. The summed E-state index contributed by atoms with van der Waals surface area (Å²) in [6, 6.07) is 5.23. The molecule has 0 atom stereocenters. The van der Waals surface area contributed by atoms with Crippen molar-refractivity contribution in [1.82, 2.24) is 4.40 Å². The number of esters is 2. The number of ether oxygens (including phenoxy) is 2. The molecule has 0 fully saturated rings. The lowest BCUT2D eigenvalue weighted by Crippen LogP contribution is -2.09. The van der Waals surface area contributed by atoms with Crippen LogP contribution in [-0.4, -0.2) is 29.6 Å². The number of hydrogen-bond acceptors (Lipinski definition) is 5. The molecule has 0 aromatic carbocycles. The van der Waals surface area contributed by atoms with Gasteiger partial charge in [0, 0.05) is 6.20 Å². The molecule has 0 bridgehead atoms. The van der Waals surface area contributed by atoms with E-state index < -0.39 is 11.9 Å². The summed E-state index contributed by atoms with van der Waals surface area (Å²) < 4.78 is 11.6. The van der Waals surface area contributed by atoms with Crippen molar-refractivity contribution in [2.24, 2.45) is 0 Å². The van der Waals surface area contributed by atoms with Crippen molar-refractivity contribution in [1.29, 1.82) is 0 Å². The summed E-state index contributed by atoms with van der Waals surface area (Å²) in [5.74, 6) is -1.08. The first kappa shape index (κ1) is 14.3. The minimum absolute atomic E-state index is 0.160. The first-order valence-electron chi connectivity index (χ1n) is 6.26. The van der Waals surface area contributed by atoms with Gasteiger partial charge in [0.15, 0.2) is 0 Å². The Balaban J connectivity index is 2.67. The molecule has 0 N–H and O–H groups in total. The largest absolute Gasteiger partial charge is 0.777 e. The molecule has 2 rings (SSSR count). The topological polar surface area (TPSA) is 57.0 Å². The summed E-state index contributed by atoms with van der Waals surface area (Å²) in [4.78, 5) is 24.2. The number of carbonyl (C=O) groups is 2. The molecule has 0 unspecified atom stereocenters. The number of fused-ring (bicyclic) bond motifs is 1. The van der Waals surface area contributed by atoms with Crippen molar-refractivity contribution in [3.8, 4) is 0 Å². The average Bonchev–Trinajstić information content (AvgIpc) is 2.71. The van der Waals surface area contributed by atoms with Crippen LogP contribution in [0.2, 0.25) is 0 Å². The van der Waals surface area contributed by atoms with Crippen LogP contribution in [0.15, 0.2) is 29.3 Å². The fraction of sp³-hybridized carbons (Fsp3) is 0.286. The van der Waals surface area contributed by atoms with Crippen LogP contribution in [0.4, 0.5) is 0 Å². The van der Waals surface area contributed by atoms with Gasteiger partial charge in [0.2, 0.25) is 0 Å². The molecule has 2 aromatic heterocycles. The summed E-state index contributed by atoms with van der Waals surface area (Å²) in [5.41, 5.74) is 0.949. The minimum atomic E-state index is -0.547. The molecule has 0 saturated heterocycles. The van der Waals surface area contributed by atoms with Crippen LogP contribution in [-0.2, 0) is 22.1 Å². The Hall–Kier alpha value is -2.08. The summed E-state index contributed by atoms with van der Waals surface area (Å²) in [6.07, 6.45) is 1.67. The van der Waals surface area contributed by atoms with Crippen LogP contribution >= 0.6 is 0 Å². The van der Waals surface area contributed by atoms with E-state index in [1.165, 1.54) is 0 Å².